The van der Waals surface area contributed by atoms with Crippen LogP contribution in [0, 0.1) is 41.6 Å². The van der Waals surface area contributed by atoms with E-state index in [1.165, 1.54) is 32.3 Å². The largest absolute Gasteiger partial charge is 0.512 e. The molecule has 0 aliphatic rings. The summed E-state index contributed by atoms with van der Waals surface area (Å²) < 4.78 is 2.45. The summed E-state index contributed by atoms with van der Waals surface area (Å²) in [6.07, 6.45) is 3.19. The van der Waals surface area contributed by atoms with Crippen LogP contribution in [0.15, 0.2) is 66.7 Å². The van der Waals surface area contributed by atoms with Crippen LogP contribution in [0.5, 0.6) is 0 Å². The van der Waals surface area contributed by atoms with Gasteiger partial charge >= 0.3 is 0 Å². The van der Waals surface area contributed by atoms with Crippen molar-refractivity contribution in [2.45, 2.75) is 101 Å². The molecule has 0 unspecified atom stereocenters. The van der Waals surface area contributed by atoms with E-state index in [1.54, 1.807) is 6.33 Å². The summed E-state index contributed by atoms with van der Waals surface area (Å²) in [6, 6.07) is 21.4. The maximum Gasteiger partial charge on any atom is 0.162 e. The summed E-state index contributed by atoms with van der Waals surface area (Å²) in [5.74, 6) is 1.63. The second kappa shape index (κ2) is 17.0. The molecule has 51 heavy (non-hydrogen) atoms. The van der Waals surface area contributed by atoms with Crippen molar-refractivity contribution in [3.8, 4) is 11.3 Å². The molecular weight excluding hydrogens is 841 g/mol. The number of carbonyl (C=O) groups excluding carboxylic acids is 1. The Morgan fingerprint density at radius 2 is 1.41 bits per heavy atom. The Hall–Kier alpha value is -2.70. The van der Waals surface area contributed by atoms with Crippen molar-refractivity contribution < 1.29 is 30.0 Å². The first-order valence-electron chi connectivity index (χ1n) is 18.3. The third-order valence-electron chi connectivity index (χ3n) is 9.79. The Kier molecular flexibility index (Phi) is 14.2. The number of hydrogen-bond acceptors (Lipinski definition) is 5. The van der Waals surface area contributed by atoms with Crippen molar-refractivity contribution in [2.24, 2.45) is 35.5 Å². The van der Waals surface area contributed by atoms with Crippen LogP contribution >= 0.6 is 11.3 Å². The number of allylic oxidation sites excluding steroid dienone is 2. The molecule has 7 heteroatoms. The summed E-state index contributed by atoms with van der Waals surface area (Å²) >= 11 is 1.81. The maximum atomic E-state index is 12.3. The maximum absolute atomic E-state index is 12.3. The van der Waals surface area contributed by atoms with Gasteiger partial charge in [0.2, 0.25) is 0 Å². The smallest absolute Gasteiger partial charge is 0.162 e. The molecule has 0 amide bonds. The van der Waals surface area contributed by atoms with Crippen LogP contribution in [-0.2, 0) is 30.3 Å². The average Bonchev–Trinajstić information content (AvgIpc) is 3.37. The molecule has 2 aromatic heterocycles. The van der Waals surface area contributed by atoms with Gasteiger partial charge in [-0.1, -0.05) is 142 Å². The number of thiophene rings is 1. The van der Waals surface area contributed by atoms with E-state index >= 15 is 0 Å². The Labute approximate surface area is 326 Å². The van der Waals surface area contributed by atoms with Crippen molar-refractivity contribution in [3.63, 3.8) is 0 Å². The number of benzene rings is 3. The van der Waals surface area contributed by atoms with Crippen molar-refractivity contribution in [3.05, 3.63) is 78.3 Å². The standard InChI is InChI=1S/C27H27N2SSi.C17H32O2.Ir/c1-27(2,3)22-14-18(13-17-9-7-8-10-20(17)22)24-26-25(29-16-28-24)21-12-11-19(31(4,5)6)15-23(21)30-26;1-10(2)16(11(3)4)14(18)9-15(19)17(12(5)6)13(7)8;/h7-12,14-16H,1-6H3;9-13,16-18H,1-8H3;/q-1;;/b;14-9-;. The van der Waals surface area contributed by atoms with Crippen LogP contribution in [0.3, 0.4) is 0 Å². The normalized spacial score (nSPS) is 12.9. The van der Waals surface area contributed by atoms with Gasteiger partial charge in [0.25, 0.3) is 0 Å². The van der Waals surface area contributed by atoms with Gasteiger partial charge in [-0.3, -0.25) is 9.78 Å². The summed E-state index contributed by atoms with van der Waals surface area (Å²) in [6.45, 7) is 30.6. The molecule has 0 aliphatic heterocycles. The van der Waals surface area contributed by atoms with Gasteiger partial charge in [-0.05, 0) is 35.2 Å². The zero-order valence-electron chi connectivity index (χ0n) is 33.2. The predicted molar refractivity (Wildman–Crippen MR) is 220 cm³/mol. The van der Waals surface area contributed by atoms with Gasteiger partial charge in [-0.2, -0.15) is 0 Å². The van der Waals surface area contributed by atoms with Gasteiger partial charge in [-0.25, -0.2) is 4.98 Å². The number of aliphatic hydroxyl groups excluding tert-OH is 1. The van der Waals surface area contributed by atoms with Crippen LogP contribution in [0.2, 0.25) is 19.6 Å². The number of aromatic nitrogens is 2. The SMILES string of the molecule is CC(C)(C)c1cc(-c2ncnc3c2sc2cc([Si](C)(C)C)ccc23)[c-]c2ccccc12.CC(C)C(C(=O)/C=C(\O)C(C(C)C)C(C)C)C(C)C.[Ir]. The second-order valence-corrected chi connectivity index (χ2v) is 23.5. The van der Waals surface area contributed by atoms with E-state index in [2.05, 4.69) is 155 Å². The molecule has 0 spiro atoms. The number of aliphatic hydroxyl groups is 1. The van der Waals surface area contributed by atoms with Crippen LogP contribution < -0.4 is 5.19 Å². The summed E-state index contributed by atoms with van der Waals surface area (Å²) in [7, 11) is -1.37. The number of carbonyl (C=O) groups is 1. The fraction of sp³-hybridized carbons (Fsp3) is 0.477. The Balaban J connectivity index is 0.000000306. The monoisotopic (exact) mass is 900 g/mol. The van der Waals surface area contributed by atoms with Crippen molar-refractivity contribution in [2.75, 3.05) is 0 Å². The van der Waals surface area contributed by atoms with Gasteiger partial charge in [-0.15, -0.1) is 40.5 Å². The van der Waals surface area contributed by atoms with E-state index in [0.29, 0.717) is 23.7 Å². The number of ketones is 1. The third-order valence-corrected chi connectivity index (χ3v) is 13.0. The first-order valence-corrected chi connectivity index (χ1v) is 22.6. The molecule has 5 aromatic rings. The quantitative estimate of drug-likeness (QED) is 0.0693. The first-order chi connectivity index (χ1) is 23.2. The van der Waals surface area contributed by atoms with Gasteiger partial charge in [0.1, 0.15) is 6.33 Å². The van der Waals surface area contributed by atoms with E-state index < -0.39 is 8.07 Å². The fourth-order valence-corrected chi connectivity index (χ4v) is 9.89. The van der Waals surface area contributed by atoms with Gasteiger partial charge < -0.3 is 5.11 Å². The zero-order valence-corrected chi connectivity index (χ0v) is 37.4. The summed E-state index contributed by atoms with van der Waals surface area (Å²) in [5, 5.41) is 15.4. The minimum atomic E-state index is -1.37. The van der Waals surface area contributed by atoms with E-state index in [9.17, 15) is 9.90 Å². The fourth-order valence-electron chi connectivity index (χ4n) is 7.43. The predicted octanol–water partition coefficient (Wildman–Crippen LogP) is 12.2. The van der Waals surface area contributed by atoms with Crippen LogP contribution in [0.25, 0.3) is 42.3 Å². The molecule has 0 aliphatic carbocycles. The van der Waals surface area contributed by atoms with E-state index in [0.717, 1.165) is 26.9 Å². The zero-order chi connectivity index (χ0) is 37.3. The van der Waals surface area contributed by atoms with Crippen LogP contribution in [-0.4, -0.2) is 28.9 Å². The Bertz CT molecular complexity index is 1980. The number of nitrogens with zero attached hydrogens (tertiary/aromatic N) is 2. The third kappa shape index (κ3) is 9.84. The molecule has 4 nitrogen and oxygen atoms in total. The molecule has 1 N–H and O–H groups in total. The molecule has 0 saturated heterocycles. The molecule has 0 bridgehead atoms. The molecule has 2 heterocycles. The molecular formula is C44H59IrN2O2SSi-. The van der Waals surface area contributed by atoms with E-state index in [1.807, 2.05) is 11.3 Å². The minimum absolute atomic E-state index is 0. The van der Waals surface area contributed by atoms with E-state index in [4.69, 9.17) is 4.98 Å². The Morgan fingerprint density at radius 3 is 1.96 bits per heavy atom. The number of fused-ring (bicyclic) bond motifs is 4. The number of rotatable bonds is 9. The van der Waals surface area contributed by atoms with Crippen LogP contribution in [0.4, 0.5) is 0 Å². The van der Waals surface area contributed by atoms with E-state index in [-0.39, 0.29) is 48.9 Å². The Morgan fingerprint density at radius 1 is 0.824 bits per heavy atom. The van der Waals surface area contributed by atoms with Crippen LogP contribution in [0.1, 0.15) is 81.7 Å². The number of hydrogen-bond donors (Lipinski definition) is 1. The molecule has 5 rings (SSSR count). The van der Waals surface area contributed by atoms with Gasteiger partial charge in [0.15, 0.2) is 5.78 Å². The van der Waals surface area contributed by atoms with Crippen molar-refractivity contribution in [1.29, 1.82) is 0 Å². The average molecular weight is 900 g/mol. The van der Waals surface area contributed by atoms with Gasteiger partial charge in [0.05, 0.1) is 19.3 Å². The molecule has 277 valence electrons. The van der Waals surface area contributed by atoms with Crippen molar-refractivity contribution in [1.82, 2.24) is 9.97 Å². The topological polar surface area (TPSA) is 63.1 Å². The molecule has 0 fully saturated rings. The van der Waals surface area contributed by atoms with Crippen molar-refractivity contribution >= 4 is 61.5 Å². The second-order valence-electron chi connectivity index (χ2n) is 17.4. The van der Waals surface area contributed by atoms with Gasteiger partial charge in [0, 0.05) is 58.5 Å². The first kappa shape index (κ1) is 42.7. The summed E-state index contributed by atoms with van der Waals surface area (Å²) in [5.41, 5.74) is 4.43. The molecule has 0 atom stereocenters. The molecule has 1 radical (unpaired) electrons. The minimum Gasteiger partial charge on any atom is -0.512 e. The molecule has 0 saturated carbocycles. The summed E-state index contributed by atoms with van der Waals surface area (Å²) in [4.78, 5) is 21.8. The molecule has 3 aromatic carbocycles.